The smallest absolute Gasteiger partial charge is 0.307 e. The van der Waals surface area contributed by atoms with Gasteiger partial charge in [0.25, 0.3) is 0 Å². The van der Waals surface area contributed by atoms with Crippen LogP contribution in [0, 0.1) is 0 Å². The van der Waals surface area contributed by atoms with Crippen LogP contribution in [0.5, 0.6) is 0 Å². The SMILES string of the molecule is CC(C)(C)c1ccc(C[S@](=O)[C@H]2CCCC[C@H]2OC(=O)CCN2CCOCC2)cc1. The Kier molecular flexibility index (Phi) is 8.49. The van der Waals surface area contributed by atoms with Gasteiger partial charge in [-0.3, -0.25) is 13.9 Å². The van der Waals surface area contributed by atoms with Crippen molar-refractivity contribution in [1.82, 2.24) is 4.90 Å². The summed E-state index contributed by atoms with van der Waals surface area (Å²) in [4.78, 5) is 14.7. The van der Waals surface area contributed by atoms with E-state index in [-0.39, 0.29) is 22.7 Å². The quantitative estimate of drug-likeness (QED) is 0.610. The van der Waals surface area contributed by atoms with Crippen LogP contribution >= 0.6 is 0 Å². The van der Waals surface area contributed by atoms with E-state index in [0.717, 1.165) is 57.6 Å². The summed E-state index contributed by atoms with van der Waals surface area (Å²) < 4.78 is 24.3. The molecule has 1 saturated heterocycles. The molecule has 0 bridgehead atoms. The summed E-state index contributed by atoms with van der Waals surface area (Å²) in [7, 11) is -1.04. The Labute approximate surface area is 184 Å². The maximum atomic E-state index is 13.1. The van der Waals surface area contributed by atoms with Crippen LogP contribution < -0.4 is 0 Å². The van der Waals surface area contributed by atoms with E-state index in [4.69, 9.17) is 9.47 Å². The Morgan fingerprint density at radius 1 is 1.13 bits per heavy atom. The molecule has 5 nitrogen and oxygen atoms in total. The first-order chi connectivity index (χ1) is 14.3. The summed E-state index contributed by atoms with van der Waals surface area (Å²) in [5, 5.41) is -0.0617. The number of carbonyl (C=O) groups is 1. The zero-order chi connectivity index (χ0) is 21.6. The fourth-order valence-corrected chi connectivity index (χ4v) is 5.87. The topological polar surface area (TPSA) is 55.8 Å². The van der Waals surface area contributed by atoms with Gasteiger partial charge in [-0.05, 0) is 35.8 Å². The third kappa shape index (κ3) is 6.89. The molecule has 1 aliphatic heterocycles. The number of ether oxygens (including phenoxy) is 2. The monoisotopic (exact) mass is 435 g/mol. The fourth-order valence-electron chi connectivity index (χ4n) is 4.17. The molecule has 1 saturated carbocycles. The molecule has 0 amide bonds. The van der Waals surface area contributed by atoms with Crippen LogP contribution in [0.1, 0.15) is 64.0 Å². The van der Waals surface area contributed by atoms with Crippen molar-refractivity contribution in [3.05, 3.63) is 35.4 Å². The standard InChI is InChI=1S/C24H37NO4S/c1-24(2,3)20-10-8-19(9-11-20)18-30(27)22-7-5-4-6-21(22)29-23(26)12-13-25-14-16-28-17-15-25/h8-11,21-22H,4-7,12-18H2,1-3H3/t21-,22+,30+/m1/s1. The Morgan fingerprint density at radius 2 is 1.80 bits per heavy atom. The van der Waals surface area contributed by atoms with Crippen LogP contribution in [0.2, 0.25) is 0 Å². The average Bonchev–Trinajstić information content (AvgIpc) is 2.73. The number of morpholine rings is 1. The van der Waals surface area contributed by atoms with Crippen LogP contribution in [0.4, 0.5) is 0 Å². The normalized spacial score (nSPS) is 24.4. The van der Waals surface area contributed by atoms with Crippen LogP contribution in [-0.4, -0.2) is 59.3 Å². The summed E-state index contributed by atoms with van der Waals surface area (Å²) in [6, 6.07) is 8.45. The van der Waals surface area contributed by atoms with E-state index in [1.54, 1.807) is 0 Å². The highest BCUT2D eigenvalue weighted by molar-refractivity contribution is 7.84. The van der Waals surface area contributed by atoms with Gasteiger partial charge in [0.05, 0.1) is 24.9 Å². The first-order valence-corrected chi connectivity index (χ1v) is 12.7. The maximum Gasteiger partial charge on any atom is 0.307 e. The van der Waals surface area contributed by atoms with Gasteiger partial charge in [0.2, 0.25) is 0 Å². The Hall–Kier alpha value is -1.24. The second-order valence-electron chi connectivity index (χ2n) is 9.53. The fraction of sp³-hybridized carbons (Fsp3) is 0.708. The summed E-state index contributed by atoms with van der Waals surface area (Å²) in [5.41, 5.74) is 2.48. The molecule has 2 aliphatic rings. The summed E-state index contributed by atoms with van der Waals surface area (Å²) in [6.07, 6.45) is 3.96. The maximum absolute atomic E-state index is 13.1. The zero-order valence-corrected chi connectivity index (χ0v) is 19.5. The molecule has 1 heterocycles. The van der Waals surface area contributed by atoms with Crippen molar-refractivity contribution >= 4 is 16.8 Å². The zero-order valence-electron chi connectivity index (χ0n) is 18.7. The van der Waals surface area contributed by atoms with Crippen LogP contribution in [-0.2, 0) is 36.2 Å². The lowest BCUT2D eigenvalue weighted by atomic mass is 9.87. The van der Waals surface area contributed by atoms with Gasteiger partial charge in [0.1, 0.15) is 6.10 Å². The van der Waals surface area contributed by atoms with Crippen molar-refractivity contribution in [2.24, 2.45) is 0 Å². The van der Waals surface area contributed by atoms with Crippen LogP contribution in [0.3, 0.4) is 0 Å². The molecule has 0 radical (unpaired) electrons. The molecule has 1 aromatic rings. The van der Waals surface area contributed by atoms with Gasteiger partial charge < -0.3 is 9.47 Å². The van der Waals surface area contributed by atoms with E-state index in [2.05, 4.69) is 49.9 Å². The molecule has 2 fully saturated rings. The van der Waals surface area contributed by atoms with E-state index < -0.39 is 10.8 Å². The van der Waals surface area contributed by atoms with Crippen LogP contribution in [0.25, 0.3) is 0 Å². The number of esters is 1. The third-order valence-corrected chi connectivity index (χ3v) is 7.96. The molecular weight excluding hydrogens is 398 g/mol. The van der Waals surface area contributed by atoms with E-state index in [9.17, 15) is 9.00 Å². The lowest BCUT2D eigenvalue weighted by Crippen LogP contribution is -2.40. The largest absolute Gasteiger partial charge is 0.461 e. The van der Waals surface area contributed by atoms with Crippen molar-refractivity contribution in [1.29, 1.82) is 0 Å². The second kappa shape index (κ2) is 10.9. The molecule has 30 heavy (non-hydrogen) atoms. The van der Waals surface area contributed by atoms with Gasteiger partial charge in [-0.2, -0.15) is 0 Å². The number of nitrogens with zero attached hydrogens (tertiary/aromatic N) is 1. The average molecular weight is 436 g/mol. The summed E-state index contributed by atoms with van der Waals surface area (Å²) in [6.45, 7) is 10.5. The summed E-state index contributed by atoms with van der Waals surface area (Å²) >= 11 is 0. The third-order valence-electron chi connectivity index (χ3n) is 6.13. The van der Waals surface area contributed by atoms with Gasteiger partial charge in [-0.15, -0.1) is 0 Å². The minimum atomic E-state index is -1.04. The summed E-state index contributed by atoms with van der Waals surface area (Å²) in [5.74, 6) is 0.363. The molecule has 1 aliphatic carbocycles. The molecule has 168 valence electrons. The number of hydrogen-bond donors (Lipinski definition) is 0. The molecule has 0 unspecified atom stereocenters. The van der Waals surface area contributed by atoms with E-state index in [0.29, 0.717) is 18.7 Å². The van der Waals surface area contributed by atoms with Gasteiger partial charge in [0, 0.05) is 36.2 Å². The number of carbonyl (C=O) groups excluding carboxylic acids is 1. The molecule has 6 heteroatoms. The second-order valence-corrected chi connectivity index (χ2v) is 11.2. The van der Waals surface area contributed by atoms with Crippen molar-refractivity contribution in [3.8, 4) is 0 Å². The molecular formula is C24H37NO4S. The van der Waals surface area contributed by atoms with Gasteiger partial charge in [-0.25, -0.2) is 0 Å². The van der Waals surface area contributed by atoms with E-state index in [1.807, 2.05) is 0 Å². The van der Waals surface area contributed by atoms with Gasteiger partial charge >= 0.3 is 5.97 Å². The van der Waals surface area contributed by atoms with Crippen molar-refractivity contribution in [2.45, 2.75) is 75.4 Å². The minimum Gasteiger partial charge on any atom is -0.461 e. The van der Waals surface area contributed by atoms with E-state index >= 15 is 0 Å². The molecule has 0 spiro atoms. The predicted molar refractivity (Wildman–Crippen MR) is 121 cm³/mol. The predicted octanol–water partition coefficient (Wildman–Crippen LogP) is 3.81. The highest BCUT2D eigenvalue weighted by Crippen LogP contribution is 2.28. The number of rotatable bonds is 7. The highest BCUT2D eigenvalue weighted by atomic mass is 32.2. The van der Waals surface area contributed by atoms with Crippen molar-refractivity contribution < 1.29 is 18.5 Å². The molecule has 0 N–H and O–H groups in total. The first-order valence-electron chi connectivity index (χ1n) is 11.3. The molecule has 0 aromatic heterocycles. The molecule has 1 aromatic carbocycles. The minimum absolute atomic E-state index is 0.0617. The van der Waals surface area contributed by atoms with Crippen LogP contribution in [0.15, 0.2) is 24.3 Å². The van der Waals surface area contributed by atoms with Crippen molar-refractivity contribution in [3.63, 3.8) is 0 Å². The van der Waals surface area contributed by atoms with E-state index in [1.165, 1.54) is 5.56 Å². The Bertz CT molecular complexity index is 707. The van der Waals surface area contributed by atoms with Gasteiger partial charge in [0.15, 0.2) is 0 Å². The number of hydrogen-bond acceptors (Lipinski definition) is 5. The van der Waals surface area contributed by atoms with Gasteiger partial charge in [-0.1, -0.05) is 51.5 Å². The number of benzene rings is 1. The Balaban J connectivity index is 1.52. The lowest BCUT2D eigenvalue weighted by molar-refractivity contribution is -0.150. The molecule has 3 atom stereocenters. The van der Waals surface area contributed by atoms with Crippen molar-refractivity contribution in [2.75, 3.05) is 32.8 Å². The Morgan fingerprint density at radius 3 is 2.47 bits per heavy atom. The highest BCUT2D eigenvalue weighted by Gasteiger charge is 2.33. The molecule has 3 rings (SSSR count). The lowest BCUT2D eigenvalue weighted by Gasteiger charge is -2.31. The first kappa shape index (κ1) is 23.4.